The third-order valence-corrected chi connectivity index (χ3v) is 4.29. The number of esters is 1. The largest absolute Gasteiger partial charge is 0.470 e. The molecule has 1 aromatic heterocycles. The monoisotopic (exact) mass is 383 g/mol. The van der Waals surface area contributed by atoms with Crippen LogP contribution in [0, 0.1) is 0 Å². The van der Waals surface area contributed by atoms with Crippen molar-refractivity contribution in [3.63, 3.8) is 0 Å². The first-order valence-electron chi connectivity index (χ1n) is 8.18. The first-order valence-corrected chi connectivity index (χ1v) is 8.18. The topological polar surface area (TPSA) is 85.5 Å². The van der Waals surface area contributed by atoms with Crippen LogP contribution in [0.15, 0.2) is 28.7 Å². The van der Waals surface area contributed by atoms with Crippen LogP contribution in [0.5, 0.6) is 0 Å². The van der Waals surface area contributed by atoms with Crippen molar-refractivity contribution in [2.24, 2.45) is 0 Å². The minimum atomic E-state index is -4.70. The van der Waals surface area contributed by atoms with Crippen LogP contribution in [0.2, 0.25) is 0 Å². The van der Waals surface area contributed by atoms with E-state index in [4.69, 9.17) is 4.42 Å². The molecule has 1 aromatic carbocycles. The molecular formula is C17H16F3N3O4. The Morgan fingerprint density at radius 2 is 1.85 bits per heavy atom. The maximum Gasteiger partial charge on any atom is 0.470 e. The summed E-state index contributed by atoms with van der Waals surface area (Å²) in [5, 5.41) is 6.52. The number of carbonyl (C=O) groups is 2. The number of likely N-dealkylation sites (tertiary alicyclic amines) is 1. The van der Waals surface area contributed by atoms with Gasteiger partial charge in [0.25, 0.3) is 5.91 Å². The SMILES string of the molecule is COC(=O)c1ccc(C(=O)N2CCCC(c3nnc(C(F)(F)F)o3)C2)cc1. The highest BCUT2D eigenvalue weighted by atomic mass is 19.4. The number of alkyl halides is 3. The van der Waals surface area contributed by atoms with Crippen LogP contribution >= 0.6 is 0 Å². The number of hydrogen-bond acceptors (Lipinski definition) is 6. The van der Waals surface area contributed by atoms with Gasteiger partial charge >= 0.3 is 18.0 Å². The highest BCUT2D eigenvalue weighted by Crippen LogP contribution is 2.32. The number of halogens is 3. The maximum absolute atomic E-state index is 12.7. The summed E-state index contributed by atoms with van der Waals surface area (Å²) in [5.74, 6) is -2.77. The van der Waals surface area contributed by atoms with Crippen molar-refractivity contribution in [1.29, 1.82) is 0 Å². The van der Waals surface area contributed by atoms with E-state index in [0.717, 1.165) is 0 Å². The van der Waals surface area contributed by atoms with E-state index >= 15 is 0 Å². The molecule has 3 rings (SSSR count). The van der Waals surface area contributed by atoms with Crippen LogP contribution in [0.4, 0.5) is 13.2 Å². The molecule has 2 heterocycles. The Bertz CT molecular complexity index is 833. The Morgan fingerprint density at radius 1 is 1.19 bits per heavy atom. The van der Waals surface area contributed by atoms with Crippen LogP contribution in [0.25, 0.3) is 0 Å². The lowest BCUT2D eigenvalue weighted by Crippen LogP contribution is -2.39. The van der Waals surface area contributed by atoms with Gasteiger partial charge < -0.3 is 14.1 Å². The Kier molecular flexibility index (Phi) is 5.15. The zero-order valence-electron chi connectivity index (χ0n) is 14.3. The molecular weight excluding hydrogens is 367 g/mol. The van der Waals surface area contributed by atoms with E-state index in [1.807, 2.05) is 0 Å². The molecule has 1 atom stereocenters. The molecule has 0 N–H and O–H groups in total. The summed E-state index contributed by atoms with van der Waals surface area (Å²) in [5.41, 5.74) is 0.681. The summed E-state index contributed by atoms with van der Waals surface area (Å²) in [4.78, 5) is 25.6. The number of amides is 1. The van der Waals surface area contributed by atoms with E-state index in [9.17, 15) is 22.8 Å². The van der Waals surface area contributed by atoms with Crippen molar-refractivity contribution in [3.05, 3.63) is 47.2 Å². The number of rotatable bonds is 3. The van der Waals surface area contributed by atoms with Crippen LogP contribution in [-0.4, -0.2) is 47.2 Å². The third-order valence-electron chi connectivity index (χ3n) is 4.29. The smallest absolute Gasteiger partial charge is 0.465 e. The van der Waals surface area contributed by atoms with E-state index in [2.05, 4.69) is 14.9 Å². The van der Waals surface area contributed by atoms with Crippen molar-refractivity contribution < 1.29 is 31.9 Å². The van der Waals surface area contributed by atoms with E-state index in [0.29, 0.717) is 30.5 Å². The normalized spacial score (nSPS) is 17.6. The van der Waals surface area contributed by atoms with Gasteiger partial charge in [-0.3, -0.25) is 4.79 Å². The number of hydrogen-bond donors (Lipinski definition) is 0. The molecule has 1 unspecified atom stereocenters. The van der Waals surface area contributed by atoms with Gasteiger partial charge in [0.15, 0.2) is 0 Å². The van der Waals surface area contributed by atoms with Gasteiger partial charge in [-0.1, -0.05) is 0 Å². The zero-order chi connectivity index (χ0) is 19.6. The van der Waals surface area contributed by atoms with Crippen molar-refractivity contribution >= 4 is 11.9 Å². The Balaban J connectivity index is 1.71. The van der Waals surface area contributed by atoms with Crippen LogP contribution in [0.3, 0.4) is 0 Å². The fourth-order valence-corrected chi connectivity index (χ4v) is 2.93. The third kappa shape index (κ3) is 4.09. The van der Waals surface area contributed by atoms with Gasteiger partial charge in [0.05, 0.1) is 18.6 Å². The Hall–Kier alpha value is -2.91. The highest BCUT2D eigenvalue weighted by Gasteiger charge is 2.39. The van der Waals surface area contributed by atoms with Gasteiger partial charge in [-0.2, -0.15) is 13.2 Å². The van der Waals surface area contributed by atoms with Crippen LogP contribution in [0.1, 0.15) is 51.3 Å². The van der Waals surface area contributed by atoms with Crippen LogP contribution in [-0.2, 0) is 10.9 Å². The number of carbonyl (C=O) groups excluding carboxylic acids is 2. The first-order chi connectivity index (χ1) is 12.8. The fraction of sp³-hybridized carbons (Fsp3) is 0.412. The highest BCUT2D eigenvalue weighted by molar-refractivity contribution is 5.96. The maximum atomic E-state index is 12.7. The van der Waals surface area contributed by atoms with E-state index in [1.54, 1.807) is 0 Å². The molecule has 27 heavy (non-hydrogen) atoms. The number of aromatic nitrogens is 2. The molecule has 2 aromatic rings. The van der Waals surface area contributed by atoms with Crippen molar-refractivity contribution in [3.8, 4) is 0 Å². The average molecular weight is 383 g/mol. The van der Waals surface area contributed by atoms with Gasteiger partial charge in [0.1, 0.15) is 0 Å². The Labute approximate surface area is 152 Å². The first kappa shape index (κ1) is 18.9. The molecule has 1 aliphatic heterocycles. The minimum absolute atomic E-state index is 0.124. The number of methoxy groups -OCH3 is 1. The zero-order valence-corrected chi connectivity index (χ0v) is 14.3. The minimum Gasteiger partial charge on any atom is -0.465 e. The molecule has 1 fully saturated rings. The lowest BCUT2D eigenvalue weighted by Gasteiger charge is -2.31. The fourth-order valence-electron chi connectivity index (χ4n) is 2.93. The molecule has 1 amide bonds. The van der Waals surface area contributed by atoms with E-state index in [1.165, 1.54) is 36.3 Å². The van der Waals surface area contributed by atoms with Crippen LogP contribution < -0.4 is 0 Å². The molecule has 1 aliphatic rings. The molecule has 1 saturated heterocycles. The van der Waals surface area contributed by atoms with Crippen molar-refractivity contribution in [2.75, 3.05) is 20.2 Å². The molecule has 10 heteroatoms. The van der Waals surface area contributed by atoms with Gasteiger partial charge in [0.2, 0.25) is 5.89 Å². The quantitative estimate of drug-likeness (QED) is 0.758. The number of ether oxygens (including phenoxy) is 1. The summed E-state index contributed by atoms with van der Waals surface area (Å²) in [6.45, 7) is 0.644. The van der Waals surface area contributed by atoms with E-state index < -0.39 is 24.0 Å². The second-order valence-corrected chi connectivity index (χ2v) is 6.10. The van der Waals surface area contributed by atoms with Gasteiger partial charge in [-0.25, -0.2) is 4.79 Å². The predicted octanol–water partition coefficient (Wildman–Crippen LogP) is 2.89. The summed E-state index contributed by atoms with van der Waals surface area (Å²) >= 11 is 0. The average Bonchev–Trinajstić information content (AvgIpc) is 3.18. The summed E-state index contributed by atoms with van der Waals surface area (Å²) in [6.07, 6.45) is -3.55. The second kappa shape index (κ2) is 7.37. The second-order valence-electron chi connectivity index (χ2n) is 6.10. The van der Waals surface area contributed by atoms with Crippen molar-refractivity contribution in [2.45, 2.75) is 24.9 Å². The number of piperidine rings is 1. The van der Waals surface area contributed by atoms with Gasteiger partial charge in [0, 0.05) is 18.7 Å². The van der Waals surface area contributed by atoms with E-state index in [-0.39, 0.29) is 18.3 Å². The number of nitrogens with zero attached hydrogens (tertiary/aromatic N) is 3. The molecule has 144 valence electrons. The molecule has 0 bridgehead atoms. The summed E-state index contributed by atoms with van der Waals surface area (Å²) in [7, 11) is 1.26. The van der Waals surface area contributed by atoms with Gasteiger partial charge in [-0.05, 0) is 37.1 Å². The standard InChI is InChI=1S/C17H16F3N3O4/c1-26-15(25)11-6-4-10(5-7-11)14(24)23-8-2-3-12(9-23)13-21-22-16(27-13)17(18,19)20/h4-7,12H,2-3,8-9H2,1H3. The lowest BCUT2D eigenvalue weighted by atomic mass is 9.97. The molecule has 0 saturated carbocycles. The predicted molar refractivity (Wildman–Crippen MR) is 85.0 cm³/mol. The summed E-state index contributed by atoms with van der Waals surface area (Å²) in [6, 6.07) is 5.97. The van der Waals surface area contributed by atoms with Crippen molar-refractivity contribution in [1.82, 2.24) is 15.1 Å². The van der Waals surface area contributed by atoms with Gasteiger partial charge in [-0.15, -0.1) is 10.2 Å². The molecule has 0 radical (unpaired) electrons. The molecule has 7 nitrogen and oxygen atoms in total. The summed E-state index contributed by atoms with van der Waals surface area (Å²) < 4.78 is 47.2. The molecule has 0 aliphatic carbocycles. The lowest BCUT2D eigenvalue weighted by molar-refractivity contribution is -0.157. The number of benzene rings is 1. The Morgan fingerprint density at radius 3 is 2.44 bits per heavy atom. The molecule has 0 spiro atoms.